The number of nitrogens with zero attached hydrogens (tertiary/aromatic N) is 1. The zero-order chi connectivity index (χ0) is 29.0. The van der Waals surface area contributed by atoms with Gasteiger partial charge >= 0.3 is 12.4 Å². The molecule has 0 unspecified atom stereocenters. The lowest BCUT2D eigenvalue weighted by Crippen LogP contribution is -2.44. The van der Waals surface area contributed by atoms with Crippen molar-refractivity contribution in [3.05, 3.63) is 101 Å². The van der Waals surface area contributed by atoms with Gasteiger partial charge in [-0.15, -0.1) is 0 Å². The van der Waals surface area contributed by atoms with Gasteiger partial charge in [0.15, 0.2) is 0 Å². The zero-order valence-corrected chi connectivity index (χ0v) is 22.2. The van der Waals surface area contributed by atoms with E-state index < -0.39 is 35.0 Å². The number of hydrogen-bond donors (Lipinski definition) is 1. The summed E-state index contributed by atoms with van der Waals surface area (Å²) >= 11 is 0. The number of hydrogen-bond acceptors (Lipinski definition) is 3. The summed E-state index contributed by atoms with van der Waals surface area (Å²) in [5.74, 6) is 0.403. The first kappa shape index (κ1) is 29.9. The zero-order valence-electron chi connectivity index (χ0n) is 22.2. The molecule has 0 spiro atoms. The van der Waals surface area contributed by atoms with Crippen molar-refractivity contribution in [2.45, 2.75) is 57.1 Å². The van der Waals surface area contributed by atoms with Crippen molar-refractivity contribution in [1.29, 1.82) is 0 Å². The lowest BCUT2D eigenvalue weighted by molar-refractivity contribution is -0.138. The lowest BCUT2D eigenvalue weighted by Gasteiger charge is -2.42. The first-order valence-corrected chi connectivity index (χ1v) is 13.4. The second-order valence-electron chi connectivity index (χ2n) is 10.3. The van der Waals surface area contributed by atoms with E-state index >= 15 is 0 Å². The number of piperidine rings is 1. The van der Waals surface area contributed by atoms with E-state index in [2.05, 4.69) is 11.8 Å². The Bertz CT molecular complexity index is 1160. The fourth-order valence-electron chi connectivity index (χ4n) is 5.26. The molecule has 1 N–H and O–H groups in total. The summed E-state index contributed by atoms with van der Waals surface area (Å²) in [6.45, 7) is 4.68. The number of halogens is 6. The average molecular weight is 566 g/mol. The molecule has 9 heteroatoms. The van der Waals surface area contributed by atoms with Crippen LogP contribution in [0.1, 0.15) is 60.4 Å². The Balaban J connectivity index is 1.52. The molecule has 3 aromatic rings. The molecule has 1 heterocycles. The van der Waals surface area contributed by atoms with Crippen LogP contribution in [0.4, 0.5) is 26.3 Å². The third-order valence-electron chi connectivity index (χ3n) is 7.58. The van der Waals surface area contributed by atoms with Gasteiger partial charge in [0.2, 0.25) is 0 Å². The van der Waals surface area contributed by atoms with Crippen molar-refractivity contribution in [3.8, 4) is 5.75 Å². The molecule has 0 amide bonds. The highest BCUT2D eigenvalue weighted by Crippen LogP contribution is 2.44. The maximum absolute atomic E-state index is 13.2. The largest absolute Gasteiger partial charge is 0.494 e. The monoisotopic (exact) mass is 565 g/mol. The van der Waals surface area contributed by atoms with Crippen molar-refractivity contribution < 1.29 is 36.2 Å². The van der Waals surface area contributed by atoms with Crippen LogP contribution in [-0.2, 0) is 24.5 Å². The Labute approximate surface area is 230 Å². The highest BCUT2D eigenvalue weighted by Gasteiger charge is 2.43. The van der Waals surface area contributed by atoms with E-state index in [0.717, 1.165) is 48.4 Å². The quantitative estimate of drug-likeness (QED) is 0.211. The Kier molecular flexibility index (Phi) is 9.15. The molecule has 0 saturated carbocycles. The number of likely N-dealkylation sites (tertiary alicyclic amines) is 1. The van der Waals surface area contributed by atoms with Gasteiger partial charge in [0.05, 0.1) is 17.7 Å². The number of benzene rings is 3. The number of unbranched alkanes of at least 4 members (excludes halogenated alkanes) is 1. The summed E-state index contributed by atoms with van der Waals surface area (Å²) in [6, 6.07) is 16.4. The molecule has 3 aromatic carbocycles. The molecule has 3 nitrogen and oxygen atoms in total. The minimum absolute atomic E-state index is 0.220. The Morgan fingerprint density at radius 2 is 1.18 bits per heavy atom. The average Bonchev–Trinajstić information content (AvgIpc) is 2.93. The van der Waals surface area contributed by atoms with Crippen LogP contribution in [0.25, 0.3) is 0 Å². The summed E-state index contributed by atoms with van der Waals surface area (Å²) in [5, 5.41) is 12.1. The molecule has 4 rings (SSSR count). The van der Waals surface area contributed by atoms with Crippen LogP contribution < -0.4 is 4.74 Å². The second-order valence-corrected chi connectivity index (χ2v) is 10.3. The molecule has 0 atom stereocenters. The molecule has 1 aliphatic rings. The third-order valence-corrected chi connectivity index (χ3v) is 7.58. The van der Waals surface area contributed by atoms with Gasteiger partial charge in [-0.1, -0.05) is 49.7 Å². The Hall–Kier alpha value is -3.04. The topological polar surface area (TPSA) is 32.7 Å². The maximum atomic E-state index is 13.2. The van der Waals surface area contributed by atoms with Gasteiger partial charge in [0, 0.05) is 6.54 Å². The van der Waals surface area contributed by atoms with Crippen molar-refractivity contribution in [1.82, 2.24) is 4.90 Å². The summed E-state index contributed by atoms with van der Waals surface area (Å²) in [7, 11) is 0. The molecule has 1 aliphatic heterocycles. The van der Waals surface area contributed by atoms with Crippen LogP contribution in [0.3, 0.4) is 0 Å². The summed E-state index contributed by atoms with van der Waals surface area (Å²) in [4.78, 5) is 2.23. The first-order valence-electron chi connectivity index (χ1n) is 13.4. The van der Waals surface area contributed by atoms with Gasteiger partial charge in [-0.05, 0) is 91.4 Å². The third kappa shape index (κ3) is 6.99. The minimum Gasteiger partial charge on any atom is -0.494 e. The Morgan fingerprint density at radius 3 is 1.60 bits per heavy atom. The van der Waals surface area contributed by atoms with Crippen molar-refractivity contribution in [3.63, 3.8) is 0 Å². The summed E-state index contributed by atoms with van der Waals surface area (Å²) < 4.78 is 84.8. The maximum Gasteiger partial charge on any atom is 0.416 e. The van der Waals surface area contributed by atoms with Crippen molar-refractivity contribution >= 4 is 0 Å². The standard InChI is InChI=1S/C31H33F6NO2/c1-2-3-20-40-28-14-4-22(5-15-28)21-38-18-16-25(17-19-38)29(39,23-6-10-26(11-7-23)30(32,33)34)24-8-12-27(13-9-24)31(35,36)37/h4-15,25,39H,2-3,16-21H2,1H3. The number of rotatable bonds is 9. The van der Waals surface area contributed by atoms with Crippen LogP contribution in [-0.4, -0.2) is 29.7 Å². The number of ether oxygens (including phenoxy) is 1. The molecular weight excluding hydrogens is 532 g/mol. The molecule has 0 radical (unpaired) electrons. The summed E-state index contributed by atoms with van der Waals surface area (Å²) in [6.07, 6.45) is -6.03. The molecule has 40 heavy (non-hydrogen) atoms. The molecular formula is C31H33F6NO2. The second kappa shape index (κ2) is 12.2. The van der Waals surface area contributed by atoms with Gasteiger partial charge in [-0.25, -0.2) is 0 Å². The fourth-order valence-corrected chi connectivity index (χ4v) is 5.26. The minimum atomic E-state index is -4.55. The van der Waals surface area contributed by atoms with Crippen molar-refractivity contribution in [2.24, 2.45) is 5.92 Å². The Morgan fingerprint density at radius 1 is 0.725 bits per heavy atom. The molecule has 0 bridgehead atoms. The predicted molar refractivity (Wildman–Crippen MR) is 141 cm³/mol. The summed E-state index contributed by atoms with van der Waals surface area (Å²) in [5.41, 5.74) is -1.93. The molecule has 1 fully saturated rings. The molecule has 216 valence electrons. The van der Waals surface area contributed by atoms with E-state index in [9.17, 15) is 31.4 Å². The van der Waals surface area contributed by atoms with E-state index in [-0.39, 0.29) is 11.1 Å². The van der Waals surface area contributed by atoms with E-state index in [1.807, 2.05) is 24.3 Å². The predicted octanol–water partition coefficient (Wildman–Crippen LogP) is 8.05. The van der Waals surface area contributed by atoms with Gasteiger partial charge < -0.3 is 9.84 Å². The van der Waals surface area contributed by atoms with Gasteiger partial charge in [0.25, 0.3) is 0 Å². The van der Waals surface area contributed by atoms with Gasteiger partial charge in [0.1, 0.15) is 11.4 Å². The molecule has 1 saturated heterocycles. The normalized spacial score (nSPS) is 15.8. The van der Waals surface area contributed by atoms with Crippen LogP contribution in [0, 0.1) is 5.92 Å². The molecule has 0 aliphatic carbocycles. The van der Waals surface area contributed by atoms with Crippen LogP contribution in [0.5, 0.6) is 5.75 Å². The smallest absolute Gasteiger partial charge is 0.416 e. The highest BCUT2D eigenvalue weighted by atomic mass is 19.4. The SMILES string of the molecule is CCCCOc1ccc(CN2CCC(C(O)(c3ccc(C(F)(F)F)cc3)c3ccc(C(F)(F)F)cc3)CC2)cc1. The van der Waals surface area contributed by atoms with Crippen molar-refractivity contribution in [2.75, 3.05) is 19.7 Å². The lowest BCUT2D eigenvalue weighted by atomic mass is 9.71. The van der Waals surface area contributed by atoms with Crippen LogP contribution in [0.2, 0.25) is 0 Å². The van der Waals surface area contributed by atoms with E-state index in [4.69, 9.17) is 4.74 Å². The van der Waals surface area contributed by atoms with Crippen LogP contribution in [0.15, 0.2) is 72.8 Å². The van der Waals surface area contributed by atoms with Gasteiger partial charge in [-0.2, -0.15) is 26.3 Å². The van der Waals surface area contributed by atoms with Gasteiger partial charge in [-0.3, -0.25) is 4.90 Å². The first-order chi connectivity index (χ1) is 18.9. The van der Waals surface area contributed by atoms with E-state index in [1.54, 1.807) is 0 Å². The van der Waals surface area contributed by atoms with E-state index in [0.29, 0.717) is 39.1 Å². The number of alkyl halides is 6. The van der Waals surface area contributed by atoms with E-state index in [1.165, 1.54) is 24.3 Å². The van der Waals surface area contributed by atoms with Crippen LogP contribution >= 0.6 is 0 Å². The molecule has 0 aromatic heterocycles. The highest BCUT2D eigenvalue weighted by molar-refractivity contribution is 5.40. The fraction of sp³-hybridized carbons (Fsp3) is 0.419. The number of aliphatic hydroxyl groups is 1.